The molecule has 0 saturated heterocycles. The van der Waals surface area contributed by atoms with Crippen molar-refractivity contribution in [3.8, 4) is 0 Å². The molecule has 3 N–H and O–H groups in total. The normalized spacial score (nSPS) is 11.9. The topological polar surface area (TPSA) is 55.1 Å². The Hall–Kier alpha value is -2.13. The third-order valence-corrected chi connectivity index (χ3v) is 2.93. The van der Waals surface area contributed by atoms with E-state index in [4.69, 9.17) is 5.73 Å². The van der Waals surface area contributed by atoms with Gasteiger partial charge in [-0.05, 0) is 30.5 Å². The molecule has 0 aromatic heterocycles. The molecule has 1 atom stereocenters. The van der Waals surface area contributed by atoms with E-state index in [0.29, 0.717) is 0 Å². The monoisotopic (exact) mass is 254 g/mol. The zero-order chi connectivity index (χ0) is 13.7. The third-order valence-electron chi connectivity index (χ3n) is 2.93. The van der Waals surface area contributed by atoms with Gasteiger partial charge in [-0.25, -0.2) is 0 Å². The van der Waals surface area contributed by atoms with Crippen LogP contribution >= 0.6 is 0 Å². The third kappa shape index (κ3) is 3.66. The Kier molecular flexibility index (Phi) is 4.31. The molecule has 2 aromatic carbocycles. The maximum atomic E-state index is 11.7. The van der Waals surface area contributed by atoms with E-state index in [9.17, 15) is 4.79 Å². The first-order valence-corrected chi connectivity index (χ1v) is 6.35. The Morgan fingerprint density at radius 2 is 1.74 bits per heavy atom. The molecular formula is C16H18N2O. The van der Waals surface area contributed by atoms with E-state index in [0.717, 1.165) is 17.7 Å². The highest BCUT2D eigenvalue weighted by atomic mass is 16.2. The molecule has 0 radical (unpaired) electrons. The van der Waals surface area contributed by atoms with Crippen molar-refractivity contribution in [3.63, 3.8) is 0 Å². The Morgan fingerprint density at radius 3 is 2.42 bits per heavy atom. The molecule has 0 aliphatic rings. The van der Waals surface area contributed by atoms with Gasteiger partial charge in [0.1, 0.15) is 0 Å². The van der Waals surface area contributed by atoms with Crippen LogP contribution in [0.5, 0.6) is 0 Å². The van der Waals surface area contributed by atoms with Crippen molar-refractivity contribution >= 4 is 11.6 Å². The van der Waals surface area contributed by atoms with Gasteiger partial charge < -0.3 is 11.1 Å². The first-order chi connectivity index (χ1) is 9.16. The van der Waals surface area contributed by atoms with Gasteiger partial charge in [-0.3, -0.25) is 4.79 Å². The van der Waals surface area contributed by atoms with Crippen LogP contribution in [0.25, 0.3) is 0 Å². The van der Waals surface area contributed by atoms with E-state index in [1.807, 2.05) is 42.5 Å². The summed E-state index contributed by atoms with van der Waals surface area (Å²) in [6.07, 6.45) is 0.788. The van der Waals surface area contributed by atoms with E-state index < -0.39 is 6.04 Å². The fourth-order valence-electron chi connectivity index (χ4n) is 1.86. The summed E-state index contributed by atoms with van der Waals surface area (Å²) in [5, 5.41) is 2.87. The Balaban J connectivity index is 2.19. The summed E-state index contributed by atoms with van der Waals surface area (Å²) in [6.45, 7) is 1.68. The minimum Gasteiger partial charge on any atom is -0.324 e. The molecule has 3 nitrogen and oxygen atoms in total. The van der Waals surface area contributed by atoms with Crippen LogP contribution in [0.15, 0.2) is 54.6 Å². The number of amides is 1. The van der Waals surface area contributed by atoms with E-state index in [1.54, 1.807) is 6.92 Å². The molecule has 0 fully saturated rings. The van der Waals surface area contributed by atoms with Crippen LogP contribution in [-0.4, -0.2) is 11.9 Å². The van der Waals surface area contributed by atoms with Gasteiger partial charge in [-0.15, -0.1) is 0 Å². The maximum absolute atomic E-state index is 11.7. The fraction of sp³-hybridized carbons (Fsp3) is 0.188. The summed E-state index contributed by atoms with van der Waals surface area (Å²) in [7, 11) is 0. The highest BCUT2D eigenvalue weighted by molar-refractivity contribution is 5.95. The first kappa shape index (κ1) is 13.3. The number of anilines is 1. The number of carbonyl (C=O) groups excluding carboxylic acids is 1. The van der Waals surface area contributed by atoms with Gasteiger partial charge in [0.15, 0.2) is 0 Å². The van der Waals surface area contributed by atoms with Crippen LogP contribution in [0.2, 0.25) is 0 Å². The molecule has 0 saturated carbocycles. The molecule has 19 heavy (non-hydrogen) atoms. The molecular weight excluding hydrogens is 236 g/mol. The number of benzene rings is 2. The summed E-state index contributed by atoms with van der Waals surface area (Å²) in [5.41, 5.74) is 8.70. The quantitative estimate of drug-likeness (QED) is 0.881. The first-order valence-electron chi connectivity index (χ1n) is 6.35. The van der Waals surface area contributed by atoms with Crippen molar-refractivity contribution in [2.24, 2.45) is 5.73 Å². The van der Waals surface area contributed by atoms with Gasteiger partial charge in [-0.1, -0.05) is 48.5 Å². The Morgan fingerprint density at radius 1 is 1.11 bits per heavy atom. The van der Waals surface area contributed by atoms with E-state index >= 15 is 0 Å². The van der Waals surface area contributed by atoms with E-state index in [1.165, 1.54) is 5.56 Å². The molecule has 0 spiro atoms. The van der Waals surface area contributed by atoms with Crippen LogP contribution in [0, 0.1) is 0 Å². The lowest BCUT2D eigenvalue weighted by molar-refractivity contribution is -0.117. The number of nitrogens with two attached hydrogens (primary N) is 1. The number of hydrogen-bond donors (Lipinski definition) is 2. The molecule has 0 aliphatic carbocycles. The molecule has 0 unspecified atom stereocenters. The van der Waals surface area contributed by atoms with Crippen molar-refractivity contribution in [1.29, 1.82) is 0 Å². The number of carbonyl (C=O) groups is 1. The van der Waals surface area contributed by atoms with Gasteiger partial charge in [-0.2, -0.15) is 0 Å². The number of rotatable bonds is 4. The number of nitrogens with one attached hydrogen (secondary N) is 1. The zero-order valence-corrected chi connectivity index (χ0v) is 11.0. The summed E-state index contributed by atoms with van der Waals surface area (Å²) in [5.74, 6) is -0.166. The highest BCUT2D eigenvalue weighted by Gasteiger charge is 2.10. The van der Waals surface area contributed by atoms with Crippen molar-refractivity contribution < 1.29 is 4.79 Å². The second kappa shape index (κ2) is 6.16. The van der Waals surface area contributed by atoms with Gasteiger partial charge in [0, 0.05) is 5.69 Å². The van der Waals surface area contributed by atoms with Crippen molar-refractivity contribution in [2.45, 2.75) is 19.4 Å². The van der Waals surface area contributed by atoms with Crippen molar-refractivity contribution in [2.75, 3.05) is 5.32 Å². The average molecular weight is 254 g/mol. The highest BCUT2D eigenvalue weighted by Crippen LogP contribution is 2.19. The fourth-order valence-corrected chi connectivity index (χ4v) is 1.86. The molecule has 3 heteroatoms. The maximum Gasteiger partial charge on any atom is 0.241 e. The average Bonchev–Trinajstić information content (AvgIpc) is 2.42. The van der Waals surface area contributed by atoms with Crippen LogP contribution in [0.1, 0.15) is 18.1 Å². The Bertz CT molecular complexity index is 550. The van der Waals surface area contributed by atoms with Crippen LogP contribution < -0.4 is 11.1 Å². The summed E-state index contributed by atoms with van der Waals surface area (Å²) < 4.78 is 0. The lowest BCUT2D eigenvalue weighted by atomic mass is 10.0. The van der Waals surface area contributed by atoms with Crippen LogP contribution in [-0.2, 0) is 11.2 Å². The molecule has 2 rings (SSSR count). The summed E-state index contributed by atoms with van der Waals surface area (Å²) in [4.78, 5) is 11.7. The second-order valence-corrected chi connectivity index (χ2v) is 4.60. The van der Waals surface area contributed by atoms with Crippen molar-refractivity contribution in [3.05, 3.63) is 65.7 Å². The van der Waals surface area contributed by atoms with E-state index in [-0.39, 0.29) is 5.91 Å². The lowest BCUT2D eigenvalue weighted by Crippen LogP contribution is -2.32. The van der Waals surface area contributed by atoms with Gasteiger partial charge in [0.05, 0.1) is 6.04 Å². The Labute approximate surface area is 113 Å². The summed E-state index contributed by atoms with van der Waals surface area (Å²) >= 11 is 0. The summed E-state index contributed by atoms with van der Waals surface area (Å²) in [6, 6.07) is 17.5. The van der Waals surface area contributed by atoms with E-state index in [2.05, 4.69) is 17.4 Å². The molecule has 0 bridgehead atoms. The lowest BCUT2D eigenvalue weighted by Gasteiger charge is -2.12. The predicted molar refractivity (Wildman–Crippen MR) is 78.0 cm³/mol. The molecule has 0 heterocycles. The smallest absolute Gasteiger partial charge is 0.241 e. The minimum atomic E-state index is -0.509. The SMILES string of the molecule is C[C@@H](N)C(=O)Nc1ccccc1Cc1ccccc1. The number of para-hydroxylation sites is 1. The zero-order valence-electron chi connectivity index (χ0n) is 11.0. The molecule has 98 valence electrons. The van der Waals surface area contributed by atoms with Crippen molar-refractivity contribution in [1.82, 2.24) is 0 Å². The van der Waals surface area contributed by atoms with Gasteiger partial charge >= 0.3 is 0 Å². The second-order valence-electron chi connectivity index (χ2n) is 4.60. The molecule has 2 aromatic rings. The standard InChI is InChI=1S/C16H18N2O/c1-12(17)16(19)18-15-10-6-5-9-14(15)11-13-7-3-2-4-8-13/h2-10,12H,11,17H2,1H3,(H,18,19)/t12-/m1/s1. The molecule has 1 amide bonds. The minimum absolute atomic E-state index is 0.166. The van der Waals surface area contributed by atoms with Crippen LogP contribution in [0.3, 0.4) is 0 Å². The van der Waals surface area contributed by atoms with Gasteiger partial charge in [0.25, 0.3) is 0 Å². The molecule has 0 aliphatic heterocycles. The predicted octanol–water partition coefficient (Wildman–Crippen LogP) is 2.56. The largest absolute Gasteiger partial charge is 0.324 e. The van der Waals surface area contributed by atoms with Gasteiger partial charge in [0.2, 0.25) is 5.91 Å². The number of hydrogen-bond acceptors (Lipinski definition) is 2. The van der Waals surface area contributed by atoms with Crippen LogP contribution in [0.4, 0.5) is 5.69 Å².